The summed E-state index contributed by atoms with van der Waals surface area (Å²) >= 11 is 0. The van der Waals surface area contributed by atoms with E-state index in [0.29, 0.717) is 18.2 Å². The Morgan fingerprint density at radius 1 is 1.05 bits per heavy atom. The molecule has 38 heavy (non-hydrogen) atoms. The van der Waals surface area contributed by atoms with E-state index in [9.17, 15) is 4.79 Å². The number of carbonyl (C=O) groups excluding carboxylic acids is 1. The predicted octanol–water partition coefficient (Wildman–Crippen LogP) is 5.85. The highest BCUT2D eigenvalue weighted by Crippen LogP contribution is 2.76. The number of ketones is 1. The van der Waals surface area contributed by atoms with E-state index in [1.807, 2.05) is 7.11 Å². The van der Waals surface area contributed by atoms with Crippen LogP contribution in [0.2, 0.25) is 0 Å². The molecule has 6 atom stereocenters. The molecular weight excluding hydrogens is 474 g/mol. The van der Waals surface area contributed by atoms with Crippen LogP contribution < -0.4 is 9.47 Å². The number of carbonyl (C=O) groups is 1. The van der Waals surface area contributed by atoms with Crippen LogP contribution in [-0.2, 0) is 21.4 Å². The average Bonchev–Trinajstić information content (AvgIpc) is 3.70. The average molecular weight is 520 g/mol. The summed E-state index contributed by atoms with van der Waals surface area (Å²) in [5.41, 5.74) is 2.37. The van der Waals surface area contributed by atoms with E-state index >= 15 is 0 Å². The van der Waals surface area contributed by atoms with Gasteiger partial charge in [-0.1, -0.05) is 38.2 Å². The Morgan fingerprint density at radius 2 is 1.89 bits per heavy atom. The van der Waals surface area contributed by atoms with Gasteiger partial charge in [-0.15, -0.1) is 0 Å². The maximum absolute atomic E-state index is 14.3. The summed E-state index contributed by atoms with van der Waals surface area (Å²) in [6, 6.07) is 4.94. The third-order valence-corrected chi connectivity index (χ3v) is 12.8. The highest BCUT2D eigenvalue weighted by atomic mass is 16.6. The second-order valence-corrected chi connectivity index (χ2v) is 14.1. The summed E-state index contributed by atoms with van der Waals surface area (Å²) in [4.78, 5) is 17.1. The molecule has 0 N–H and O–H groups in total. The van der Waals surface area contributed by atoms with Crippen molar-refractivity contribution in [1.82, 2.24) is 4.90 Å². The third kappa shape index (κ3) is 2.99. The standard InChI is InChI=1S/C33H45NO4/c1-36-26-13-11-23-18-27-31-14-15-33(37-2,24(19-31)25(35)12-10-21-6-4-3-5-7-21)30-32(31,28(23)29(26)38-30)16-17-34(27)20-22-8-9-22/h11,13,21-22,24,27,30H,3-10,12,14-20H2,1-2H3/t24-,27-,30-,31-,32+,33-/m1/s1. The van der Waals surface area contributed by atoms with Crippen LogP contribution in [0.25, 0.3) is 0 Å². The zero-order chi connectivity index (χ0) is 25.7. The molecule has 4 bridgehead atoms. The fourth-order valence-corrected chi connectivity index (χ4v) is 10.9. The molecule has 9 rings (SSSR count). The van der Waals surface area contributed by atoms with Gasteiger partial charge in [0.25, 0.3) is 0 Å². The molecule has 8 aliphatic rings. The third-order valence-electron chi connectivity index (χ3n) is 12.8. The second kappa shape index (κ2) is 8.46. The first kappa shape index (κ1) is 24.2. The van der Waals surface area contributed by atoms with Crippen molar-refractivity contribution in [3.8, 4) is 11.5 Å². The van der Waals surface area contributed by atoms with Gasteiger partial charge in [0, 0.05) is 42.5 Å². The fourth-order valence-electron chi connectivity index (χ4n) is 10.9. The minimum Gasteiger partial charge on any atom is -0.493 e. The number of hydrogen-bond donors (Lipinski definition) is 0. The topological polar surface area (TPSA) is 48.0 Å². The Kier molecular flexibility index (Phi) is 5.39. The SMILES string of the molecule is COc1ccc2c3c1O[C@H]1[C@@]4(OC)CC[C@@]5(C[C@@H]4C(=O)CCC4CCCCC4)[C@@H](C2)N(CC2CC2)CC[C@]315. The highest BCUT2D eigenvalue weighted by molar-refractivity contribution is 5.84. The van der Waals surface area contributed by atoms with Gasteiger partial charge in [0.1, 0.15) is 17.5 Å². The van der Waals surface area contributed by atoms with Crippen molar-refractivity contribution in [3.63, 3.8) is 0 Å². The lowest BCUT2D eigenvalue weighted by molar-refractivity contribution is -0.272. The number of benzene rings is 1. The monoisotopic (exact) mass is 519 g/mol. The summed E-state index contributed by atoms with van der Waals surface area (Å²) in [5, 5.41) is 0. The Balaban J connectivity index is 1.22. The molecule has 5 heteroatoms. The van der Waals surface area contributed by atoms with Crippen molar-refractivity contribution < 1.29 is 19.0 Å². The molecule has 2 spiro atoms. The summed E-state index contributed by atoms with van der Waals surface area (Å²) in [6.07, 6.45) is 16.4. The van der Waals surface area contributed by atoms with E-state index in [4.69, 9.17) is 14.2 Å². The van der Waals surface area contributed by atoms with E-state index in [0.717, 1.165) is 68.4 Å². The number of ether oxygens (including phenoxy) is 3. The lowest BCUT2D eigenvalue weighted by atomic mass is 9.34. The van der Waals surface area contributed by atoms with Crippen molar-refractivity contribution in [1.29, 1.82) is 0 Å². The maximum Gasteiger partial charge on any atom is 0.165 e. The largest absolute Gasteiger partial charge is 0.493 e. The zero-order valence-corrected chi connectivity index (χ0v) is 23.4. The molecular formula is C33H45NO4. The summed E-state index contributed by atoms with van der Waals surface area (Å²) in [7, 11) is 3.63. The Bertz CT molecular complexity index is 1140. The van der Waals surface area contributed by atoms with Crippen molar-refractivity contribution >= 4 is 5.78 Å². The molecule has 0 unspecified atom stereocenters. The van der Waals surface area contributed by atoms with Gasteiger partial charge in [0.2, 0.25) is 0 Å². The van der Waals surface area contributed by atoms with E-state index in [1.54, 1.807) is 7.11 Å². The lowest BCUT2D eigenvalue weighted by Gasteiger charge is -2.73. The highest BCUT2D eigenvalue weighted by Gasteiger charge is 2.81. The number of methoxy groups -OCH3 is 2. The number of nitrogens with zero attached hydrogens (tertiary/aromatic N) is 1. The van der Waals surface area contributed by atoms with Crippen LogP contribution in [0, 0.1) is 23.2 Å². The number of piperidine rings is 1. The van der Waals surface area contributed by atoms with Gasteiger partial charge in [-0.3, -0.25) is 9.69 Å². The van der Waals surface area contributed by atoms with Gasteiger partial charge in [0.15, 0.2) is 11.5 Å². The van der Waals surface area contributed by atoms with Gasteiger partial charge in [-0.2, -0.15) is 0 Å². The maximum atomic E-state index is 14.3. The molecule has 5 nitrogen and oxygen atoms in total. The number of fused-ring (bicyclic) bond motifs is 2. The molecule has 0 radical (unpaired) electrons. The minimum absolute atomic E-state index is 0.0619. The smallest absolute Gasteiger partial charge is 0.165 e. The Hall–Kier alpha value is -1.59. The number of hydrogen-bond acceptors (Lipinski definition) is 5. The molecule has 1 aromatic rings. The van der Waals surface area contributed by atoms with Crippen molar-refractivity contribution in [2.75, 3.05) is 27.3 Å². The van der Waals surface area contributed by atoms with E-state index < -0.39 is 5.60 Å². The number of Topliss-reactive ketones (excluding diaryl/α,β-unsaturated/α-hetero) is 1. The minimum atomic E-state index is -0.534. The molecule has 0 amide bonds. The Labute approximate surface area is 228 Å². The zero-order valence-electron chi connectivity index (χ0n) is 23.4. The first-order valence-corrected chi connectivity index (χ1v) is 15.8. The van der Waals surface area contributed by atoms with E-state index in [2.05, 4.69) is 17.0 Å². The first-order valence-electron chi connectivity index (χ1n) is 15.8. The Morgan fingerprint density at radius 3 is 2.66 bits per heavy atom. The molecule has 2 heterocycles. The first-order chi connectivity index (χ1) is 18.6. The van der Waals surface area contributed by atoms with Crippen molar-refractivity contribution in [2.24, 2.45) is 23.2 Å². The molecule has 2 aliphatic heterocycles. The summed E-state index contributed by atoms with van der Waals surface area (Å²) in [6.45, 7) is 2.38. The van der Waals surface area contributed by atoms with Crippen LogP contribution in [0.3, 0.4) is 0 Å². The van der Waals surface area contributed by atoms with Crippen LogP contribution in [0.4, 0.5) is 0 Å². The van der Waals surface area contributed by atoms with Gasteiger partial charge in [-0.25, -0.2) is 0 Å². The van der Waals surface area contributed by atoms with Crippen LogP contribution in [0.5, 0.6) is 11.5 Å². The molecule has 5 saturated carbocycles. The van der Waals surface area contributed by atoms with E-state index in [1.165, 1.54) is 62.6 Å². The second-order valence-electron chi connectivity index (χ2n) is 14.1. The lowest BCUT2D eigenvalue weighted by Crippen LogP contribution is -2.81. The molecule has 1 saturated heterocycles. The van der Waals surface area contributed by atoms with Gasteiger partial charge >= 0.3 is 0 Å². The number of rotatable bonds is 8. The van der Waals surface area contributed by atoms with Crippen LogP contribution in [0.15, 0.2) is 12.1 Å². The van der Waals surface area contributed by atoms with Crippen LogP contribution in [-0.4, -0.2) is 55.7 Å². The van der Waals surface area contributed by atoms with Gasteiger partial charge < -0.3 is 14.2 Å². The van der Waals surface area contributed by atoms with Gasteiger partial charge in [-0.05, 0) is 81.4 Å². The molecule has 0 aromatic heterocycles. The molecule has 206 valence electrons. The van der Waals surface area contributed by atoms with Crippen molar-refractivity contribution in [2.45, 2.75) is 113 Å². The number of likely N-dealkylation sites (tertiary alicyclic amines) is 1. The summed E-state index contributed by atoms with van der Waals surface area (Å²) < 4.78 is 19.6. The van der Waals surface area contributed by atoms with Crippen LogP contribution in [0.1, 0.15) is 94.6 Å². The summed E-state index contributed by atoms with van der Waals surface area (Å²) in [5.74, 6) is 3.82. The van der Waals surface area contributed by atoms with Gasteiger partial charge in [0.05, 0.1) is 13.0 Å². The van der Waals surface area contributed by atoms with Crippen molar-refractivity contribution in [3.05, 3.63) is 23.3 Å². The molecule has 6 aliphatic carbocycles. The predicted molar refractivity (Wildman–Crippen MR) is 146 cm³/mol. The quantitative estimate of drug-likeness (QED) is 0.431. The fraction of sp³-hybridized carbons (Fsp3) is 0.788. The van der Waals surface area contributed by atoms with Crippen LogP contribution >= 0.6 is 0 Å². The molecule has 1 aromatic carbocycles. The molecule has 6 fully saturated rings. The van der Waals surface area contributed by atoms with E-state index in [-0.39, 0.29) is 22.9 Å². The normalized spacial score (nSPS) is 41.1.